The predicted octanol–water partition coefficient (Wildman–Crippen LogP) is 2.35. The van der Waals surface area contributed by atoms with Gasteiger partial charge in [-0.1, -0.05) is 11.3 Å². The van der Waals surface area contributed by atoms with E-state index in [1.165, 1.54) is 28.4 Å². The monoisotopic (exact) mass is 280 g/mol. The van der Waals surface area contributed by atoms with Crippen LogP contribution >= 0.6 is 11.3 Å². The molecule has 1 amide bonds. The van der Waals surface area contributed by atoms with Crippen molar-refractivity contribution >= 4 is 34.3 Å². The fourth-order valence-electron chi connectivity index (χ4n) is 1.64. The van der Waals surface area contributed by atoms with Crippen molar-refractivity contribution in [1.82, 2.24) is 10.2 Å². The topological polar surface area (TPSA) is 49.3 Å². The molecule has 2 aromatic rings. The molecule has 0 aliphatic rings. The Kier molecular flexibility index (Phi) is 3.75. The highest BCUT2D eigenvalue weighted by Gasteiger charge is 2.16. The molecular weight excluding hydrogens is 267 g/mol. The molecule has 5 nitrogen and oxygen atoms in total. The van der Waals surface area contributed by atoms with E-state index in [1.807, 2.05) is 6.92 Å². The van der Waals surface area contributed by atoms with Gasteiger partial charge >= 0.3 is 0 Å². The smallest absolute Gasteiger partial charge is 0.213 e. The summed E-state index contributed by atoms with van der Waals surface area (Å²) in [6.07, 6.45) is 0.636. The average Bonchev–Trinajstić information content (AvgIpc) is 2.83. The molecule has 0 bridgehead atoms. The van der Waals surface area contributed by atoms with Gasteiger partial charge < -0.3 is 9.80 Å². The van der Waals surface area contributed by atoms with E-state index in [1.54, 1.807) is 25.1 Å². The van der Waals surface area contributed by atoms with Crippen LogP contribution in [0.25, 0.3) is 0 Å². The number of hydrogen-bond donors (Lipinski definition) is 0. The van der Waals surface area contributed by atoms with Crippen molar-refractivity contribution in [3.8, 4) is 0 Å². The van der Waals surface area contributed by atoms with Gasteiger partial charge in [-0.05, 0) is 25.1 Å². The fourth-order valence-corrected chi connectivity index (χ4v) is 2.31. The zero-order valence-electron chi connectivity index (χ0n) is 10.8. The van der Waals surface area contributed by atoms with Crippen molar-refractivity contribution in [3.63, 3.8) is 0 Å². The average molecular weight is 280 g/mol. The number of nitrogens with zero attached hydrogens (tertiary/aromatic N) is 4. The van der Waals surface area contributed by atoms with E-state index in [2.05, 4.69) is 10.2 Å². The highest BCUT2D eigenvalue weighted by atomic mass is 32.1. The van der Waals surface area contributed by atoms with Gasteiger partial charge in [0.25, 0.3) is 0 Å². The van der Waals surface area contributed by atoms with E-state index in [9.17, 15) is 9.18 Å². The van der Waals surface area contributed by atoms with E-state index < -0.39 is 5.82 Å². The number of anilines is 3. The van der Waals surface area contributed by atoms with Crippen LogP contribution in [0.5, 0.6) is 0 Å². The van der Waals surface area contributed by atoms with Crippen molar-refractivity contribution in [1.29, 1.82) is 0 Å². The Balaban J connectivity index is 2.46. The third-order valence-corrected chi connectivity index (χ3v) is 3.55. The van der Waals surface area contributed by atoms with Gasteiger partial charge in [-0.2, -0.15) is 0 Å². The van der Waals surface area contributed by atoms with Crippen LogP contribution in [0.4, 0.5) is 20.9 Å². The van der Waals surface area contributed by atoms with Gasteiger partial charge in [0.1, 0.15) is 10.8 Å². The molecule has 19 heavy (non-hydrogen) atoms. The molecule has 0 N–H and O–H groups in total. The Hall–Kier alpha value is -2.02. The van der Waals surface area contributed by atoms with Gasteiger partial charge in [-0.25, -0.2) is 4.39 Å². The Morgan fingerprint density at radius 1 is 1.26 bits per heavy atom. The molecule has 1 heterocycles. The predicted molar refractivity (Wildman–Crippen MR) is 73.6 cm³/mol. The standard InChI is InChI=1S/C12H13FN4OS/c1-8-14-15-12(19-8)17(3)10-5-4-9(13)6-11(10)16(2)7-18/h4-7H,1-3H3. The van der Waals surface area contributed by atoms with Crippen molar-refractivity contribution in [2.75, 3.05) is 23.9 Å². The fraction of sp³-hybridized carbons (Fsp3) is 0.250. The van der Waals surface area contributed by atoms with Crippen LogP contribution < -0.4 is 9.80 Å². The first-order chi connectivity index (χ1) is 9.02. The maximum absolute atomic E-state index is 13.3. The number of carbonyl (C=O) groups is 1. The van der Waals surface area contributed by atoms with Crippen LogP contribution in [-0.4, -0.2) is 30.7 Å². The molecule has 0 saturated carbocycles. The summed E-state index contributed by atoms with van der Waals surface area (Å²) >= 11 is 1.43. The summed E-state index contributed by atoms with van der Waals surface area (Å²) in [5.74, 6) is -0.394. The van der Waals surface area contributed by atoms with E-state index in [0.29, 0.717) is 22.9 Å². The summed E-state index contributed by atoms with van der Waals surface area (Å²) in [6, 6.07) is 4.28. The van der Waals surface area contributed by atoms with Crippen molar-refractivity contribution in [3.05, 3.63) is 29.0 Å². The van der Waals surface area contributed by atoms with Gasteiger partial charge in [-0.15, -0.1) is 10.2 Å². The van der Waals surface area contributed by atoms with Gasteiger partial charge in [0.05, 0.1) is 11.4 Å². The molecule has 0 radical (unpaired) electrons. The molecule has 7 heteroatoms. The normalized spacial score (nSPS) is 10.3. The molecule has 100 valence electrons. The summed E-state index contributed by atoms with van der Waals surface area (Å²) in [4.78, 5) is 14.0. The second kappa shape index (κ2) is 5.31. The molecular formula is C12H13FN4OS. The highest BCUT2D eigenvalue weighted by molar-refractivity contribution is 7.15. The summed E-state index contributed by atoms with van der Waals surface area (Å²) in [5, 5.41) is 9.51. The molecule has 0 fully saturated rings. The number of amides is 1. The zero-order chi connectivity index (χ0) is 14.0. The van der Waals surface area contributed by atoms with Crippen LogP contribution in [0.1, 0.15) is 5.01 Å². The quantitative estimate of drug-likeness (QED) is 0.807. The minimum Gasteiger partial charge on any atom is -0.318 e. The second-order valence-electron chi connectivity index (χ2n) is 4.01. The lowest BCUT2D eigenvalue weighted by Crippen LogP contribution is -2.19. The molecule has 0 aliphatic heterocycles. The lowest BCUT2D eigenvalue weighted by molar-refractivity contribution is -0.107. The first kappa shape index (κ1) is 13.4. The number of aryl methyl sites for hydroxylation is 1. The maximum Gasteiger partial charge on any atom is 0.213 e. The third kappa shape index (κ3) is 2.70. The number of hydrogen-bond acceptors (Lipinski definition) is 5. The second-order valence-corrected chi connectivity index (χ2v) is 5.17. The molecule has 0 aliphatic carbocycles. The van der Waals surface area contributed by atoms with Crippen LogP contribution in [0.15, 0.2) is 18.2 Å². The minimum atomic E-state index is -0.394. The maximum atomic E-state index is 13.3. The van der Waals surface area contributed by atoms with Crippen molar-refractivity contribution in [2.45, 2.75) is 6.92 Å². The molecule has 0 unspecified atom stereocenters. The summed E-state index contributed by atoms with van der Waals surface area (Å²) in [6.45, 7) is 1.86. The van der Waals surface area contributed by atoms with Crippen LogP contribution in [0.2, 0.25) is 0 Å². The minimum absolute atomic E-state index is 0.394. The van der Waals surface area contributed by atoms with Crippen LogP contribution in [-0.2, 0) is 4.79 Å². The van der Waals surface area contributed by atoms with E-state index in [-0.39, 0.29) is 0 Å². The molecule has 0 spiro atoms. The van der Waals surface area contributed by atoms with Crippen LogP contribution in [0.3, 0.4) is 0 Å². The van der Waals surface area contributed by atoms with E-state index in [0.717, 1.165) is 5.01 Å². The molecule has 2 rings (SSSR count). The summed E-state index contributed by atoms with van der Waals surface area (Å²) in [7, 11) is 3.37. The van der Waals surface area contributed by atoms with Crippen molar-refractivity contribution < 1.29 is 9.18 Å². The van der Waals surface area contributed by atoms with E-state index in [4.69, 9.17) is 0 Å². The van der Waals surface area contributed by atoms with Crippen molar-refractivity contribution in [2.24, 2.45) is 0 Å². The van der Waals surface area contributed by atoms with Gasteiger partial charge in [0.15, 0.2) is 0 Å². The Labute approximate surface area is 114 Å². The Morgan fingerprint density at radius 2 is 2.00 bits per heavy atom. The van der Waals surface area contributed by atoms with E-state index >= 15 is 0 Å². The number of halogens is 1. The summed E-state index contributed by atoms with van der Waals surface area (Å²) < 4.78 is 13.3. The highest BCUT2D eigenvalue weighted by Crippen LogP contribution is 2.34. The first-order valence-electron chi connectivity index (χ1n) is 5.54. The van der Waals surface area contributed by atoms with Gasteiger partial charge in [0, 0.05) is 14.1 Å². The first-order valence-corrected chi connectivity index (χ1v) is 6.36. The SMILES string of the molecule is Cc1nnc(N(C)c2ccc(F)cc2N(C)C=O)s1. The molecule has 0 saturated heterocycles. The third-order valence-electron chi connectivity index (χ3n) is 2.64. The largest absolute Gasteiger partial charge is 0.318 e. The molecule has 1 aromatic carbocycles. The van der Waals surface area contributed by atoms with Gasteiger partial charge in [0.2, 0.25) is 11.5 Å². The molecule has 0 atom stereocenters. The lowest BCUT2D eigenvalue weighted by atomic mass is 10.2. The Morgan fingerprint density at radius 3 is 2.58 bits per heavy atom. The van der Waals surface area contributed by atoms with Gasteiger partial charge in [-0.3, -0.25) is 4.79 Å². The lowest BCUT2D eigenvalue weighted by Gasteiger charge is -2.22. The Bertz CT molecular complexity index is 601. The number of carbonyl (C=O) groups excluding carboxylic acids is 1. The number of benzene rings is 1. The number of aromatic nitrogens is 2. The van der Waals surface area contributed by atoms with Crippen LogP contribution in [0, 0.1) is 12.7 Å². The zero-order valence-corrected chi connectivity index (χ0v) is 11.6. The number of rotatable bonds is 4. The summed E-state index contributed by atoms with van der Waals surface area (Å²) in [5.41, 5.74) is 1.16. The molecule has 1 aromatic heterocycles.